The molecule has 0 atom stereocenters. The fourth-order valence-corrected chi connectivity index (χ4v) is 1.44. The second kappa shape index (κ2) is 5.79. The average molecular weight is 196 g/mol. The molecule has 1 heteroatoms. The molecular formula is C13H21F. The van der Waals surface area contributed by atoms with Gasteiger partial charge in [-0.05, 0) is 48.6 Å². The summed E-state index contributed by atoms with van der Waals surface area (Å²) >= 11 is 0. The zero-order chi connectivity index (χ0) is 11.3. The molecule has 1 aromatic rings. The monoisotopic (exact) mass is 196 g/mol. The Balaban J connectivity index is 0.000000791. The Labute approximate surface area is 87.2 Å². The first-order chi connectivity index (χ1) is 6.52. The Hall–Kier alpha value is -0.850. The van der Waals surface area contributed by atoms with Crippen molar-refractivity contribution >= 4 is 0 Å². The van der Waals surface area contributed by atoms with Crippen LogP contribution in [0.1, 0.15) is 50.3 Å². The van der Waals surface area contributed by atoms with Crippen LogP contribution < -0.4 is 0 Å². The highest BCUT2D eigenvalue weighted by atomic mass is 19.1. The van der Waals surface area contributed by atoms with E-state index >= 15 is 0 Å². The van der Waals surface area contributed by atoms with Gasteiger partial charge in [-0.25, -0.2) is 4.39 Å². The van der Waals surface area contributed by atoms with Crippen molar-refractivity contribution in [1.29, 1.82) is 0 Å². The Bertz CT molecular complexity index is 288. The molecule has 0 bridgehead atoms. The van der Waals surface area contributed by atoms with E-state index in [9.17, 15) is 4.39 Å². The molecule has 0 radical (unpaired) electrons. The summed E-state index contributed by atoms with van der Waals surface area (Å²) in [6, 6.07) is 3.22. The summed E-state index contributed by atoms with van der Waals surface area (Å²) in [4.78, 5) is 0. The van der Waals surface area contributed by atoms with Crippen molar-refractivity contribution < 1.29 is 4.39 Å². The van der Waals surface area contributed by atoms with Gasteiger partial charge in [-0.2, -0.15) is 0 Å². The first-order valence-corrected chi connectivity index (χ1v) is 5.29. The van der Waals surface area contributed by atoms with E-state index in [0.29, 0.717) is 5.92 Å². The molecule has 80 valence electrons. The highest BCUT2D eigenvalue weighted by molar-refractivity contribution is 5.35. The minimum absolute atomic E-state index is 0.123. The highest BCUT2D eigenvalue weighted by Gasteiger charge is 2.06. The number of halogens is 1. The molecular weight excluding hydrogens is 175 g/mol. The topological polar surface area (TPSA) is 0 Å². The van der Waals surface area contributed by atoms with Crippen LogP contribution in [0.25, 0.3) is 0 Å². The van der Waals surface area contributed by atoms with Crippen molar-refractivity contribution in [2.45, 2.75) is 47.5 Å². The van der Waals surface area contributed by atoms with Crippen LogP contribution in [0.4, 0.5) is 4.39 Å². The van der Waals surface area contributed by atoms with Gasteiger partial charge >= 0.3 is 0 Å². The van der Waals surface area contributed by atoms with E-state index in [0.717, 1.165) is 11.1 Å². The standard InChI is InChI=1S/C11H15F.C2H6/c1-7(2)11-6-10(12)5-8(3)9(11)4;1-2/h5-7H,1-4H3;1-2H3. The van der Waals surface area contributed by atoms with E-state index in [2.05, 4.69) is 13.8 Å². The van der Waals surface area contributed by atoms with Crippen molar-refractivity contribution in [2.24, 2.45) is 0 Å². The summed E-state index contributed by atoms with van der Waals surface area (Å²) in [5, 5.41) is 0. The third-order valence-electron chi connectivity index (χ3n) is 2.29. The van der Waals surface area contributed by atoms with E-state index in [4.69, 9.17) is 0 Å². The lowest BCUT2D eigenvalue weighted by Gasteiger charge is -2.11. The fraction of sp³-hybridized carbons (Fsp3) is 0.538. The van der Waals surface area contributed by atoms with Gasteiger partial charge in [-0.15, -0.1) is 0 Å². The molecule has 0 N–H and O–H groups in total. The van der Waals surface area contributed by atoms with E-state index in [1.165, 1.54) is 5.56 Å². The normalized spacial score (nSPS) is 9.71. The molecule has 0 heterocycles. The molecule has 0 aliphatic carbocycles. The van der Waals surface area contributed by atoms with Crippen LogP contribution >= 0.6 is 0 Å². The third kappa shape index (κ3) is 3.13. The van der Waals surface area contributed by atoms with Crippen molar-refractivity contribution in [3.63, 3.8) is 0 Å². The van der Waals surface area contributed by atoms with Crippen LogP contribution in [0.15, 0.2) is 12.1 Å². The molecule has 0 aromatic heterocycles. The van der Waals surface area contributed by atoms with Gasteiger partial charge in [0.2, 0.25) is 0 Å². The molecule has 0 aliphatic rings. The van der Waals surface area contributed by atoms with Crippen molar-refractivity contribution in [2.75, 3.05) is 0 Å². The quantitative estimate of drug-likeness (QED) is 0.616. The second-order valence-electron chi connectivity index (χ2n) is 3.59. The largest absolute Gasteiger partial charge is 0.207 e. The van der Waals surface area contributed by atoms with Crippen LogP contribution in [-0.2, 0) is 0 Å². The molecule has 0 spiro atoms. The SMILES string of the molecule is CC.Cc1cc(F)cc(C(C)C)c1C. The van der Waals surface area contributed by atoms with Gasteiger partial charge in [0.25, 0.3) is 0 Å². The molecule has 0 saturated carbocycles. The van der Waals surface area contributed by atoms with Gasteiger partial charge in [0.1, 0.15) is 5.82 Å². The maximum atomic E-state index is 13.0. The van der Waals surface area contributed by atoms with Crippen LogP contribution in [0.2, 0.25) is 0 Å². The first-order valence-electron chi connectivity index (χ1n) is 5.29. The molecule has 0 amide bonds. The van der Waals surface area contributed by atoms with Crippen molar-refractivity contribution in [3.8, 4) is 0 Å². The maximum absolute atomic E-state index is 13.0. The molecule has 0 fully saturated rings. The van der Waals surface area contributed by atoms with Gasteiger partial charge in [-0.1, -0.05) is 27.7 Å². The second-order valence-corrected chi connectivity index (χ2v) is 3.59. The molecule has 14 heavy (non-hydrogen) atoms. The number of rotatable bonds is 1. The predicted molar refractivity (Wildman–Crippen MR) is 61.3 cm³/mol. The summed E-state index contributed by atoms with van der Waals surface area (Å²) in [5.74, 6) is 0.279. The Kier molecular flexibility index (Phi) is 5.44. The van der Waals surface area contributed by atoms with Gasteiger partial charge in [-0.3, -0.25) is 0 Å². The Morgan fingerprint density at radius 2 is 1.57 bits per heavy atom. The van der Waals surface area contributed by atoms with E-state index in [1.54, 1.807) is 12.1 Å². The first kappa shape index (κ1) is 13.2. The summed E-state index contributed by atoms with van der Waals surface area (Å²) in [6.45, 7) is 12.2. The lowest BCUT2D eigenvalue weighted by Crippen LogP contribution is -1.96. The number of aryl methyl sites for hydroxylation is 1. The van der Waals surface area contributed by atoms with Crippen LogP contribution in [0.3, 0.4) is 0 Å². The molecule has 0 unspecified atom stereocenters. The maximum Gasteiger partial charge on any atom is 0.123 e. The van der Waals surface area contributed by atoms with Crippen LogP contribution in [0.5, 0.6) is 0 Å². The molecule has 0 aliphatic heterocycles. The lowest BCUT2D eigenvalue weighted by atomic mass is 9.95. The molecule has 0 nitrogen and oxygen atoms in total. The van der Waals surface area contributed by atoms with Crippen molar-refractivity contribution in [3.05, 3.63) is 34.6 Å². The third-order valence-corrected chi connectivity index (χ3v) is 2.29. The molecule has 1 aromatic carbocycles. The lowest BCUT2D eigenvalue weighted by molar-refractivity contribution is 0.621. The van der Waals surface area contributed by atoms with E-state index in [1.807, 2.05) is 27.7 Å². The summed E-state index contributed by atoms with van der Waals surface area (Å²) < 4.78 is 13.0. The van der Waals surface area contributed by atoms with Gasteiger partial charge in [0.05, 0.1) is 0 Å². The number of hydrogen-bond donors (Lipinski definition) is 0. The van der Waals surface area contributed by atoms with Gasteiger partial charge in [0, 0.05) is 0 Å². The van der Waals surface area contributed by atoms with E-state index in [-0.39, 0.29) is 5.82 Å². The molecule has 0 saturated heterocycles. The van der Waals surface area contributed by atoms with Gasteiger partial charge in [0.15, 0.2) is 0 Å². The van der Waals surface area contributed by atoms with Gasteiger partial charge < -0.3 is 0 Å². The number of hydrogen-bond acceptors (Lipinski definition) is 0. The Morgan fingerprint density at radius 3 is 2.00 bits per heavy atom. The minimum Gasteiger partial charge on any atom is -0.207 e. The van der Waals surface area contributed by atoms with Crippen LogP contribution in [-0.4, -0.2) is 0 Å². The smallest absolute Gasteiger partial charge is 0.123 e. The minimum atomic E-state index is -0.123. The number of benzene rings is 1. The van der Waals surface area contributed by atoms with E-state index < -0.39 is 0 Å². The zero-order valence-corrected chi connectivity index (χ0v) is 10.1. The highest BCUT2D eigenvalue weighted by Crippen LogP contribution is 2.22. The predicted octanol–water partition coefficient (Wildman–Crippen LogP) is 4.59. The van der Waals surface area contributed by atoms with Crippen LogP contribution in [0, 0.1) is 19.7 Å². The summed E-state index contributed by atoms with van der Waals surface area (Å²) in [7, 11) is 0. The molecule has 1 rings (SSSR count). The Morgan fingerprint density at radius 1 is 1.07 bits per heavy atom. The fourth-order valence-electron chi connectivity index (χ4n) is 1.44. The summed E-state index contributed by atoms with van der Waals surface area (Å²) in [6.07, 6.45) is 0. The zero-order valence-electron chi connectivity index (χ0n) is 10.1. The van der Waals surface area contributed by atoms with Crippen molar-refractivity contribution in [1.82, 2.24) is 0 Å². The average Bonchev–Trinajstić information content (AvgIpc) is 2.14. The summed E-state index contributed by atoms with van der Waals surface area (Å²) in [5.41, 5.74) is 3.37.